The third-order valence-corrected chi connectivity index (χ3v) is 3.56. The number of rotatable bonds is 5. The van der Waals surface area contributed by atoms with Gasteiger partial charge in [0.05, 0.1) is 6.67 Å². The molecule has 0 saturated heterocycles. The van der Waals surface area contributed by atoms with Crippen molar-refractivity contribution in [3.8, 4) is 0 Å². The number of likely N-dealkylation sites (N-methyl/N-ethyl adjacent to an activating group) is 1. The number of hydrogen-bond donors (Lipinski definition) is 2. The van der Waals surface area contributed by atoms with Gasteiger partial charge in [-0.25, -0.2) is 5.43 Å². The van der Waals surface area contributed by atoms with Crippen molar-refractivity contribution in [3.05, 3.63) is 34.9 Å². The number of fused-ring (bicyclic) bond motifs is 1. The van der Waals surface area contributed by atoms with E-state index >= 15 is 0 Å². The Kier molecular flexibility index (Phi) is 4.54. The molecule has 1 aliphatic carbocycles. The maximum absolute atomic E-state index is 5.30. The molecule has 3 heteroatoms. The molecule has 3 nitrogen and oxygen atoms in total. The monoisotopic (exact) mass is 233 g/mol. The molecule has 0 radical (unpaired) electrons. The van der Waals surface area contributed by atoms with Crippen LogP contribution in [0.1, 0.15) is 29.5 Å². The van der Waals surface area contributed by atoms with Crippen molar-refractivity contribution in [2.45, 2.75) is 32.1 Å². The predicted octanol–water partition coefficient (Wildman–Crippen LogP) is 1.46. The first kappa shape index (κ1) is 12.6. The van der Waals surface area contributed by atoms with Crippen LogP contribution >= 0.6 is 0 Å². The first-order valence-electron chi connectivity index (χ1n) is 6.52. The van der Waals surface area contributed by atoms with Crippen LogP contribution in [-0.2, 0) is 19.3 Å². The van der Waals surface area contributed by atoms with Crippen LogP contribution in [0.5, 0.6) is 0 Å². The maximum atomic E-state index is 5.30. The normalized spacial score (nSPS) is 15.0. The number of aryl methyl sites for hydroxylation is 2. The van der Waals surface area contributed by atoms with Crippen LogP contribution in [0.25, 0.3) is 0 Å². The van der Waals surface area contributed by atoms with Gasteiger partial charge in [-0.2, -0.15) is 0 Å². The summed E-state index contributed by atoms with van der Waals surface area (Å²) in [6.45, 7) is 1.79. The Labute approximate surface area is 104 Å². The number of hydrazine groups is 1. The molecule has 0 fully saturated rings. The van der Waals surface area contributed by atoms with E-state index in [2.05, 4.69) is 35.6 Å². The highest BCUT2D eigenvalue weighted by Gasteiger charge is 2.09. The molecule has 17 heavy (non-hydrogen) atoms. The van der Waals surface area contributed by atoms with Gasteiger partial charge in [0.15, 0.2) is 0 Å². The highest BCUT2D eigenvalue weighted by atomic mass is 15.3. The highest BCUT2D eigenvalue weighted by Crippen LogP contribution is 2.22. The number of hydrogen-bond acceptors (Lipinski definition) is 3. The van der Waals surface area contributed by atoms with E-state index < -0.39 is 0 Å². The van der Waals surface area contributed by atoms with E-state index in [4.69, 9.17) is 5.84 Å². The summed E-state index contributed by atoms with van der Waals surface area (Å²) >= 11 is 0. The van der Waals surface area contributed by atoms with Crippen molar-refractivity contribution in [2.75, 3.05) is 20.3 Å². The third kappa shape index (κ3) is 3.53. The molecule has 1 aromatic carbocycles. The van der Waals surface area contributed by atoms with Gasteiger partial charge in [-0.05, 0) is 55.8 Å². The molecule has 3 N–H and O–H groups in total. The molecular formula is C14H23N3. The Morgan fingerprint density at radius 2 is 2.00 bits per heavy atom. The van der Waals surface area contributed by atoms with Gasteiger partial charge in [-0.3, -0.25) is 10.7 Å². The number of benzene rings is 1. The highest BCUT2D eigenvalue weighted by molar-refractivity contribution is 5.33. The number of nitrogens with zero attached hydrogens (tertiary/aromatic N) is 1. The van der Waals surface area contributed by atoms with E-state index in [-0.39, 0.29) is 0 Å². The topological polar surface area (TPSA) is 41.3 Å². The lowest BCUT2D eigenvalue weighted by Crippen LogP contribution is -2.36. The molecular weight excluding hydrogens is 210 g/mol. The Morgan fingerprint density at radius 3 is 2.76 bits per heavy atom. The molecule has 0 unspecified atom stereocenters. The summed E-state index contributed by atoms with van der Waals surface area (Å²) in [6, 6.07) is 7.01. The number of nitrogens with one attached hydrogen (secondary N) is 1. The summed E-state index contributed by atoms with van der Waals surface area (Å²) in [5.41, 5.74) is 7.28. The second kappa shape index (κ2) is 6.15. The minimum atomic E-state index is 0.741. The molecule has 0 aliphatic heterocycles. The maximum Gasteiger partial charge on any atom is 0.0610 e. The lowest BCUT2D eigenvalue weighted by atomic mass is 9.90. The Balaban J connectivity index is 1.93. The first-order valence-corrected chi connectivity index (χ1v) is 6.52. The zero-order valence-electron chi connectivity index (χ0n) is 10.7. The Morgan fingerprint density at radius 1 is 1.24 bits per heavy atom. The van der Waals surface area contributed by atoms with E-state index in [0.717, 1.165) is 19.6 Å². The molecule has 0 saturated carbocycles. The number of nitrogens with two attached hydrogens (primary N) is 1. The van der Waals surface area contributed by atoms with Crippen molar-refractivity contribution >= 4 is 0 Å². The average molecular weight is 233 g/mol. The van der Waals surface area contributed by atoms with Crippen molar-refractivity contribution in [3.63, 3.8) is 0 Å². The van der Waals surface area contributed by atoms with E-state index in [0.29, 0.717) is 0 Å². The fourth-order valence-electron chi connectivity index (χ4n) is 2.50. The second-order valence-corrected chi connectivity index (χ2v) is 5.00. The zero-order valence-corrected chi connectivity index (χ0v) is 10.7. The SMILES string of the molecule is CN(CCc1ccc2c(c1)CCCC2)CNN. The van der Waals surface area contributed by atoms with Crippen LogP contribution in [-0.4, -0.2) is 25.2 Å². The summed E-state index contributed by atoms with van der Waals surface area (Å²) in [5, 5.41) is 0. The van der Waals surface area contributed by atoms with E-state index in [9.17, 15) is 0 Å². The molecule has 1 aliphatic rings. The van der Waals surface area contributed by atoms with Gasteiger partial charge in [0.2, 0.25) is 0 Å². The standard InChI is InChI=1S/C14H23N3/c1-17(11-16-15)9-8-12-6-7-13-4-2-3-5-14(13)10-12/h6-7,10,16H,2-5,8-9,11,15H2,1H3. The minimum Gasteiger partial charge on any atom is -0.292 e. The minimum absolute atomic E-state index is 0.741. The molecule has 1 aromatic rings. The zero-order chi connectivity index (χ0) is 12.1. The Bertz CT molecular complexity index is 362. The fourth-order valence-corrected chi connectivity index (χ4v) is 2.50. The van der Waals surface area contributed by atoms with E-state index in [1.54, 1.807) is 11.1 Å². The molecule has 0 aromatic heterocycles. The van der Waals surface area contributed by atoms with Gasteiger partial charge in [0.25, 0.3) is 0 Å². The van der Waals surface area contributed by atoms with Crippen molar-refractivity contribution in [1.82, 2.24) is 10.3 Å². The van der Waals surface area contributed by atoms with Crippen LogP contribution in [0.3, 0.4) is 0 Å². The predicted molar refractivity (Wildman–Crippen MR) is 71.6 cm³/mol. The lowest BCUT2D eigenvalue weighted by molar-refractivity contribution is 0.313. The molecule has 0 spiro atoms. The van der Waals surface area contributed by atoms with Gasteiger partial charge < -0.3 is 0 Å². The van der Waals surface area contributed by atoms with E-state index in [1.807, 2.05) is 0 Å². The first-order chi connectivity index (χ1) is 8.29. The van der Waals surface area contributed by atoms with Crippen LogP contribution < -0.4 is 11.3 Å². The Hall–Kier alpha value is -0.900. The van der Waals surface area contributed by atoms with Crippen molar-refractivity contribution in [2.24, 2.45) is 5.84 Å². The average Bonchev–Trinajstić information content (AvgIpc) is 2.36. The van der Waals surface area contributed by atoms with Gasteiger partial charge in [-0.15, -0.1) is 0 Å². The molecule has 0 atom stereocenters. The van der Waals surface area contributed by atoms with Gasteiger partial charge in [0, 0.05) is 6.54 Å². The van der Waals surface area contributed by atoms with Crippen molar-refractivity contribution in [1.29, 1.82) is 0 Å². The van der Waals surface area contributed by atoms with Crippen LogP contribution in [0.15, 0.2) is 18.2 Å². The molecule has 94 valence electrons. The smallest absolute Gasteiger partial charge is 0.0610 e. The van der Waals surface area contributed by atoms with Crippen LogP contribution in [0.2, 0.25) is 0 Å². The quantitative estimate of drug-likeness (QED) is 0.459. The largest absolute Gasteiger partial charge is 0.292 e. The summed E-state index contributed by atoms with van der Waals surface area (Å²) in [5.74, 6) is 5.30. The summed E-state index contributed by atoms with van der Waals surface area (Å²) in [4.78, 5) is 2.19. The second-order valence-electron chi connectivity index (χ2n) is 5.00. The fraction of sp³-hybridized carbons (Fsp3) is 0.571. The summed E-state index contributed by atoms with van der Waals surface area (Å²) in [6.07, 6.45) is 6.35. The van der Waals surface area contributed by atoms with Gasteiger partial charge in [0.1, 0.15) is 0 Å². The van der Waals surface area contributed by atoms with Crippen LogP contribution in [0, 0.1) is 0 Å². The van der Waals surface area contributed by atoms with E-state index in [1.165, 1.54) is 31.2 Å². The lowest BCUT2D eigenvalue weighted by Gasteiger charge is -2.18. The molecule has 0 amide bonds. The molecule has 2 rings (SSSR count). The van der Waals surface area contributed by atoms with Crippen LogP contribution in [0.4, 0.5) is 0 Å². The van der Waals surface area contributed by atoms with Crippen molar-refractivity contribution < 1.29 is 0 Å². The molecule has 0 heterocycles. The summed E-state index contributed by atoms with van der Waals surface area (Å²) in [7, 11) is 2.08. The summed E-state index contributed by atoms with van der Waals surface area (Å²) < 4.78 is 0. The third-order valence-electron chi connectivity index (χ3n) is 3.56. The van der Waals surface area contributed by atoms with Gasteiger partial charge >= 0.3 is 0 Å². The van der Waals surface area contributed by atoms with Gasteiger partial charge in [-0.1, -0.05) is 18.2 Å². The molecule has 0 bridgehead atoms.